The van der Waals surface area contributed by atoms with Crippen LogP contribution in [0.25, 0.3) is 0 Å². The second-order valence-electron chi connectivity index (χ2n) is 6.50. The highest BCUT2D eigenvalue weighted by atomic mass is 19.1. The first kappa shape index (κ1) is 20.1. The van der Waals surface area contributed by atoms with E-state index in [4.69, 9.17) is 5.73 Å². The Kier molecular flexibility index (Phi) is 5.92. The van der Waals surface area contributed by atoms with Gasteiger partial charge in [-0.25, -0.2) is 9.18 Å². The Balaban J connectivity index is 2.12. The van der Waals surface area contributed by atoms with Crippen LogP contribution in [0.15, 0.2) is 64.2 Å². The van der Waals surface area contributed by atoms with Crippen LogP contribution in [0, 0.1) is 5.82 Å². The summed E-state index contributed by atoms with van der Waals surface area (Å²) in [6.45, 7) is 2.05. The van der Waals surface area contributed by atoms with Gasteiger partial charge in [-0.2, -0.15) is 0 Å². The molecule has 7 nitrogen and oxygen atoms in total. The molecule has 2 aromatic carbocycles. The van der Waals surface area contributed by atoms with E-state index in [1.54, 1.807) is 0 Å². The molecule has 150 valence electrons. The van der Waals surface area contributed by atoms with Gasteiger partial charge in [-0.15, -0.1) is 0 Å². The standard InChI is InChI=1S/C21H21FN4O3/c1-2-12-25(20(28)15-10-6-7-11-16(15)22)17-18(23)26(21(29)24-19(17)27)13-14-8-4-3-5-9-14/h3-11H,2,12-13,23H2,1H3,(H,24,27,29). The number of benzene rings is 2. The number of anilines is 2. The molecular weight excluding hydrogens is 375 g/mol. The maximum absolute atomic E-state index is 14.2. The molecule has 0 fully saturated rings. The zero-order valence-electron chi connectivity index (χ0n) is 15.9. The molecule has 3 aromatic rings. The molecule has 1 heterocycles. The van der Waals surface area contributed by atoms with Gasteiger partial charge in [-0.3, -0.25) is 19.1 Å². The van der Waals surface area contributed by atoms with Crippen LogP contribution in [0.2, 0.25) is 0 Å². The summed E-state index contributed by atoms with van der Waals surface area (Å²) in [6, 6.07) is 14.6. The van der Waals surface area contributed by atoms with Crippen molar-refractivity contribution in [3.63, 3.8) is 0 Å². The van der Waals surface area contributed by atoms with Crippen molar-refractivity contribution in [2.75, 3.05) is 17.2 Å². The smallest absolute Gasteiger partial charge is 0.330 e. The van der Waals surface area contributed by atoms with E-state index in [1.165, 1.54) is 28.8 Å². The third kappa shape index (κ3) is 4.11. The summed E-state index contributed by atoms with van der Waals surface area (Å²) in [4.78, 5) is 41.3. The van der Waals surface area contributed by atoms with Gasteiger partial charge in [-0.05, 0) is 24.1 Å². The van der Waals surface area contributed by atoms with Crippen LogP contribution in [0.3, 0.4) is 0 Å². The lowest BCUT2D eigenvalue weighted by atomic mass is 10.1. The van der Waals surface area contributed by atoms with Gasteiger partial charge in [-0.1, -0.05) is 49.4 Å². The van der Waals surface area contributed by atoms with Crippen LogP contribution >= 0.6 is 0 Å². The first-order valence-electron chi connectivity index (χ1n) is 9.17. The van der Waals surface area contributed by atoms with Crippen LogP contribution in [0.4, 0.5) is 15.9 Å². The number of nitrogens with one attached hydrogen (secondary N) is 1. The third-order valence-corrected chi connectivity index (χ3v) is 4.46. The summed E-state index contributed by atoms with van der Waals surface area (Å²) in [7, 11) is 0. The Labute approximate surface area is 166 Å². The fraction of sp³-hybridized carbons (Fsp3) is 0.190. The molecule has 0 saturated carbocycles. The van der Waals surface area contributed by atoms with Crippen LogP contribution in [0.1, 0.15) is 29.3 Å². The second-order valence-corrected chi connectivity index (χ2v) is 6.50. The summed E-state index contributed by atoms with van der Waals surface area (Å²) in [5.74, 6) is -1.56. The Morgan fingerprint density at radius 1 is 1.10 bits per heavy atom. The van der Waals surface area contributed by atoms with E-state index >= 15 is 0 Å². The molecule has 0 aliphatic rings. The third-order valence-electron chi connectivity index (χ3n) is 4.46. The van der Waals surface area contributed by atoms with Crippen molar-refractivity contribution < 1.29 is 9.18 Å². The summed E-state index contributed by atoms with van der Waals surface area (Å²) in [5, 5.41) is 0. The molecule has 0 saturated heterocycles. The van der Waals surface area contributed by atoms with Crippen molar-refractivity contribution in [2.45, 2.75) is 19.9 Å². The van der Waals surface area contributed by atoms with Crippen LogP contribution in [-0.2, 0) is 6.54 Å². The summed E-state index contributed by atoms with van der Waals surface area (Å²) >= 11 is 0. The van der Waals surface area contributed by atoms with Crippen LogP contribution in [-0.4, -0.2) is 22.0 Å². The SMILES string of the molecule is CCCN(C(=O)c1ccccc1F)c1c(N)n(Cc2ccccc2)c(=O)[nH]c1=O. The van der Waals surface area contributed by atoms with Crippen molar-refractivity contribution in [3.05, 3.63) is 92.4 Å². The van der Waals surface area contributed by atoms with Gasteiger partial charge in [0.05, 0.1) is 12.1 Å². The average molecular weight is 396 g/mol. The summed E-state index contributed by atoms with van der Waals surface area (Å²) < 4.78 is 15.4. The highest BCUT2D eigenvalue weighted by Crippen LogP contribution is 2.21. The lowest BCUT2D eigenvalue weighted by Gasteiger charge is -2.24. The van der Waals surface area contributed by atoms with Gasteiger partial charge in [0.15, 0.2) is 5.69 Å². The second kappa shape index (κ2) is 8.55. The molecule has 0 aliphatic heterocycles. The summed E-state index contributed by atoms with van der Waals surface area (Å²) in [5.41, 5.74) is 5.13. The number of carbonyl (C=O) groups is 1. The number of aromatic nitrogens is 2. The van der Waals surface area contributed by atoms with E-state index in [-0.39, 0.29) is 30.2 Å². The molecule has 3 rings (SSSR count). The minimum atomic E-state index is -0.796. The van der Waals surface area contributed by atoms with Gasteiger partial charge in [0.2, 0.25) is 0 Å². The molecule has 3 N–H and O–H groups in total. The number of carbonyl (C=O) groups excluding carboxylic acids is 1. The molecule has 0 bridgehead atoms. The van der Waals surface area contributed by atoms with E-state index < -0.39 is 23.0 Å². The number of nitrogens with zero attached hydrogens (tertiary/aromatic N) is 2. The Bertz CT molecular complexity index is 1140. The van der Waals surface area contributed by atoms with Crippen molar-refractivity contribution in [2.24, 2.45) is 0 Å². The van der Waals surface area contributed by atoms with Crippen molar-refractivity contribution in [3.8, 4) is 0 Å². The van der Waals surface area contributed by atoms with Crippen molar-refractivity contribution in [1.82, 2.24) is 9.55 Å². The molecule has 0 atom stereocenters. The predicted octanol–water partition coefficient (Wildman–Crippen LogP) is 2.36. The minimum absolute atomic E-state index is 0.114. The van der Waals surface area contributed by atoms with E-state index in [0.29, 0.717) is 6.42 Å². The molecule has 0 radical (unpaired) electrons. The molecule has 0 spiro atoms. The normalized spacial score (nSPS) is 10.7. The zero-order chi connectivity index (χ0) is 21.0. The Hall–Kier alpha value is -3.68. The maximum Gasteiger partial charge on any atom is 0.330 e. The molecule has 8 heteroatoms. The first-order valence-corrected chi connectivity index (χ1v) is 9.17. The number of halogens is 1. The van der Waals surface area contributed by atoms with E-state index in [0.717, 1.165) is 10.5 Å². The number of hydrogen-bond acceptors (Lipinski definition) is 4. The molecule has 1 aromatic heterocycles. The predicted molar refractivity (Wildman–Crippen MR) is 110 cm³/mol. The number of aromatic amines is 1. The number of nitrogen functional groups attached to an aromatic ring is 1. The maximum atomic E-state index is 14.2. The van der Waals surface area contributed by atoms with Crippen molar-refractivity contribution in [1.29, 1.82) is 0 Å². The molecule has 29 heavy (non-hydrogen) atoms. The van der Waals surface area contributed by atoms with Gasteiger partial charge in [0.25, 0.3) is 11.5 Å². The largest absolute Gasteiger partial charge is 0.383 e. The monoisotopic (exact) mass is 396 g/mol. The quantitative estimate of drug-likeness (QED) is 0.668. The number of amides is 1. The highest BCUT2D eigenvalue weighted by molar-refractivity contribution is 6.07. The molecule has 0 aliphatic carbocycles. The van der Waals surface area contributed by atoms with Gasteiger partial charge in [0, 0.05) is 6.54 Å². The Morgan fingerprint density at radius 3 is 2.41 bits per heavy atom. The number of hydrogen-bond donors (Lipinski definition) is 2. The first-order chi connectivity index (χ1) is 13.9. The number of nitrogens with two attached hydrogens (primary N) is 1. The minimum Gasteiger partial charge on any atom is -0.383 e. The van der Waals surface area contributed by atoms with Crippen LogP contribution in [0.5, 0.6) is 0 Å². The zero-order valence-corrected chi connectivity index (χ0v) is 15.9. The summed E-state index contributed by atoms with van der Waals surface area (Å²) in [6.07, 6.45) is 0.497. The van der Waals surface area contributed by atoms with E-state index in [9.17, 15) is 18.8 Å². The number of H-pyrrole nitrogens is 1. The fourth-order valence-corrected chi connectivity index (χ4v) is 3.08. The average Bonchev–Trinajstić information content (AvgIpc) is 2.71. The van der Waals surface area contributed by atoms with E-state index in [1.807, 2.05) is 37.3 Å². The topological polar surface area (TPSA) is 101 Å². The lowest BCUT2D eigenvalue weighted by molar-refractivity contribution is 0.0982. The lowest BCUT2D eigenvalue weighted by Crippen LogP contribution is -2.41. The van der Waals surface area contributed by atoms with Gasteiger partial charge in [0.1, 0.15) is 11.6 Å². The highest BCUT2D eigenvalue weighted by Gasteiger charge is 2.26. The van der Waals surface area contributed by atoms with Gasteiger partial charge < -0.3 is 10.6 Å². The van der Waals surface area contributed by atoms with Gasteiger partial charge >= 0.3 is 5.69 Å². The number of rotatable bonds is 6. The molecular formula is C21H21FN4O3. The van der Waals surface area contributed by atoms with E-state index in [2.05, 4.69) is 4.98 Å². The molecule has 0 unspecified atom stereocenters. The fourth-order valence-electron chi connectivity index (χ4n) is 3.08. The van der Waals surface area contributed by atoms with Crippen molar-refractivity contribution >= 4 is 17.4 Å². The molecule has 1 amide bonds. The van der Waals surface area contributed by atoms with Crippen LogP contribution < -0.4 is 21.9 Å². The Morgan fingerprint density at radius 2 is 1.76 bits per heavy atom.